The first-order chi connectivity index (χ1) is 15.7. The Kier molecular flexibility index (Phi) is 7.23. The van der Waals surface area contributed by atoms with Crippen LogP contribution >= 0.6 is 0 Å². The number of aromatic nitrogens is 3. The number of nitrogens with one attached hydrogen (secondary N) is 1. The molecule has 32 heavy (non-hydrogen) atoms. The molecule has 4 rings (SSSR count). The van der Waals surface area contributed by atoms with Gasteiger partial charge < -0.3 is 9.88 Å². The molecule has 0 saturated carbocycles. The van der Waals surface area contributed by atoms with Crippen molar-refractivity contribution in [1.82, 2.24) is 19.9 Å². The van der Waals surface area contributed by atoms with Crippen molar-refractivity contribution in [1.29, 1.82) is 0 Å². The van der Waals surface area contributed by atoms with Crippen molar-refractivity contribution < 1.29 is 9.18 Å². The van der Waals surface area contributed by atoms with E-state index in [1.54, 1.807) is 18.3 Å². The predicted molar refractivity (Wildman–Crippen MR) is 124 cm³/mol. The summed E-state index contributed by atoms with van der Waals surface area (Å²) in [5.41, 5.74) is 3.90. The number of benzene rings is 2. The number of halogens is 1. The number of imidazole rings is 1. The van der Waals surface area contributed by atoms with Gasteiger partial charge in [0.1, 0.15) is 17.2 Å². The molecular formula is C26H27FN4O. The average molecular weight is 431 g/mol. The van der Waals surface area contributed by atoms with Crippen LogP contribution in [0.15, 0.2) is 72.9 Å². The summed E-state index contributed by atoms with van der Waals surface area (Å²) in [7, 11) is 0. The average Bonchev–Trinajstić information content (AvgIpc) is 3.16. The number of carbonyl (C=O) groups is 1. The van der Waals surface area contributed by atoms with E-state index < -0.39 is 0 Å². The highest BCUT2D eigenvalue weighted by Crippen LogP contribution is 2.18. The van der Waals surface area contributed by atoms with Gasteiger partial charge in [-0.1, -0.05) is 42.5 Å². The van der Waals surface area contributed by atoms with E-state index in [1.165, 1.54) is 17.7 Å². The van der Waals surface area contributed by atoms with Crippen molar-refractivity contribution >= 4 is 17.1 Å². The lowest BCUT2D eigenvalue weighted by Gasteiger charge is -2.09. The Morgan fingerprint density at radius 3 is 2.53 bits per heavy atom. The molecule has 2 aromatic heterocycles. The lowest BCUT2D eigenvalue weighted by atomic mass is 10.1. The van der Waals surface area contributed by atoms with Crippen molar-refractivity contribution in [3.05, 3.63) is 95.7 Å². The van der Waals surface area contributed by atoms with Crippen LogP contribution in [0.2, 0.25) is 0 Å². The van der Waals surface area contributed by atoms with Gasteiger partial charge in [0.25, 0.3) is 0 Å². The lowest BCUT2D eigenvalue weighted by Crippen LogP contribution is -2.24. The zero-order valence-electron chi connectivity index (χ0n) is 18.0. The number of nitrogens with zero attached hydrogens (tertiary/aromatic N) is 3. The standard InChI is InChI=1S/C26H27FN4O/c27-22-15-13-21(14-16-22)19-31-24(30-23-10-6-18-29-26(23)31)11-4-12-25(32)28-17-5-9-20-7-2-1-3-8-20/h1-3,6-8,10,13-16,18H,4-5,9,11-12,17,19H2,(H,28,32). The summed E-state index contributed by atoms with van der Waals surface area (Å²) in [4.78, 5) is 21.4. The molecule has 0 bridgehead atoms. The summed E-state index contributed by atoms with van der Waals surface area (Å²) >= 11 is 0. The molecule has 0 atom stereocenters. The minimum absolute atomic E-state index is 0.0670. The second kappa shape index (κ2) is 10.7. The smallest absolute Gasteiger partial charge is 0.220 e. The minimum atomic E-state index is -0.252. The van der Waals surface area contributed by atoms with Gasteiger partial charge in [0.05, 0.1) is 6.54 Å². The number of pyridine rings is 1. The van der Waals surface area contributed by atoms with Gasteiger partial charge in [0, 0.05) is 25.6 Å². The van der Waals surface area contributed by atoms with Crippen LogP contribution < -0.4 is 5.32 Å². The third-order valence-electron chi connectivity index (χ3n) is 5.45. The van der Waals surface area contributed by atoms with Crippen molar-refractivity contribution in [2.75, 3.05) is 6.54 Å². The largest absolute Gasteiger partial charge is 0.356 e. The van der Waals surface area contributed by atoms with Crippen molar-refractivity contribution in [2.45, 2.75) is 38.6 Å². The molecule has 0 aliphatic carbocycles. The quantitative estimate of drug-likeness (QED) is 0.371. The monoisotopic (exact) mass is 430 g/mol. The molecule has 0 unspecified atom stereocenters. The fraction of sp³-hybridized carbons (Fsp3) is 0.269. The summed E-state index contributed by atoms with van der Waals surface area (Å²) in [6.07, 6.45) is 5.47. The topological polar surface area (TPSA) is 59.8 Å². The lowest BCUT2D eigenvalue weighted by molar-refractivity contribution is -0.121. The maximum Gasteiger partial charge on any atom is 0.220 e. The fourth-order valence-corrected chi connectivity index (χ4v) is 3.80. The number of hydrogen-bond acceptors (Lipinski definition) is 3. The highest BCUT2D eigenvalue weighted by atomic mass is 19.1. The van der Waals surface area contributed by atoms with E-state index in [1.807, 2.05) is 30.3 Å². The van der Waals surface area contributed by atoms with E-state index in [0.717, 1.165) is 35.4 Å². The molecule has 0 saturated heterocycles. The zero-order valence-corrected chi connectivity index (χ0v) is 18.0. The van der Waals surface area contributed by atoms with E-state index in [9.17, 15) is 9.18 Å². The number of hydrogen-bond donors (Lipinski definition) is 1. The molecular weight excluding hydrogens is 403 g/mol. The van der Waals surface area contributed by atoms with Crippen LogP contribution in [0, 0.1) is 5.82 Å². The molecule has 1 N–H and O–H groups in total. The van der Waals surface area contributed by atoms with Gasteiger partial charge in [-0.15, -0.1) is 0 Å². The minimum Gasteiger partial charge on any atom is -0.356 e. The molecule has 0 aliphatic rings. The Labute approximate surface area is 187 Å². The molecule has 0 aliphatic heterocycles. The molecule has 164 valence electrons. The number of fused-ring (bicyclic) bond motifs is 1. The van der Waals surface area contributed by atoms with Crippen molar-refractivity contribution in [2.24, 2.45) is 0 Å². The SMILES string of the molecule is O=C(CCCc1nc2cccnc2n1Cc1ccc(F)cc1)NCCCc1ccccc1. The first-order valence-electron chi connectivity index (χ1n) is 11.0. The summed E-state index contributed by atoms with van der Waals surface area (Å²) in [5, 5.41) is 3.01. The number of aryl methyl sites for hydroxylation is 2. The normalized spacial score (nSPS) is 11.0. The Balaban J connectivity index is 1.30. The molecule has 2 aromatic carbocycles. The summed E-state index contributed by atoms with van der Waals surface area (Å²) < 4.78 is 15.3. The van der Waals surface area contributed by atoms with E-state index in [4.69, 9.17) is 4.98 Å². The van der Waals surface area contributed by atoms with Crippen LogP contribution in [0.4, 0.5) is 4.39 Å². The fourth-order valence-electron chi connectivity index (χ4n) is 3.80. The molecule has 2 heterocycles. The van der Waals surface area contributed by atoms with Gasteiger partial charge in [-0.25, -0.2) is 14.4 Å². The first kappa shape index (κ1) is 21.7. The molecule has 1 amide bonds. The zero-order chi connectivity index (χ0) is 22.2. The molecule has 0 spiro atoms. The second-order valence-corrected chi connectivity index (χ2v) is 7.88. The van der Waals surface area contributed by atoms with Crippen LogP contribution in [-0.4, -0.2) is 27.0 Å². The Bertz CT molecular complexity index is 1160. The van der Waals surface area contributed by atoms with Crippen LogP contribution in [0.1, 0.15) is 36.2 Å². The Morgan fingerprint density at radius 1 is 0.906 bits per heavy atom. The van der Waals surface area contributed by atoms with Gasteiger partial charge >= 0.3 is 0 Å². The maximum atomic E-state index is 13.3. The van der Waals surface area contributed by atoms with E-state index >= 15 is 0 Å². The van der Waals surface area contributed by atoms with Crippen LogP contribution in [0.5, 0.6) is 0 Å². The predicted octanol–water partition coefficient (Wildman–Crippen LogP) is 4.69. The van der Waals surface area contributed by atoms with Gasteiger partial charge in [-0.2, -0.15) is 0 Å². The van der Waals surface area contributed by atoms with E-state index in [-0.39, 0.29) is 11.7 Å². The van der Waals surface area contributed by atoms with Gasteiger partial charge in [0.2, 0.25) is 5.91 Å². The summed E-state index contributed by atoms with van der Waals surface area (Å²) in [6, 6.07) is 20.6. The molecule has 6 heteroatoms. The van der Waals surface area contributed by atoms with Gasteiger partial charge in [-0.05, 0) is 54.7 Å². The van der Waals surface area contributed by atoms with Crippen molar-refractivity contribution in [3.63, 3.8) is 0 Å². The van der Waals surface area contributed by atoms with Crippen LogP contribution in [-0.2, 0) is 24.2 Å². The summed E-state index contributed by atoms with van der Waals surface area (Å²) in [6.45, 7) is 1.25. The summed E-state index contributed by atoms with van der Waals surface area (Å²) in [5.74, 6) is 0.703. The van der Waals surface area contributed by atoms with Crippen LogP contribution in [0.3, 0.4) is 0 Å². The second-order valence-electron chi connectivity index (χ2n) is 7.88. The highest BCUT2D eigenvalue weighted by Gasteiger charge is 2.13. The molecule has 5 nitrogen and oxygen atoms in total. The number of amides is 1. The van der Waals surface area contributed by atoms with Crippen LogP contribution in [0.25, 0.3) is 11.2 Å². The number of rotatable bonds is 10. The number of carbonyl (C=O) groups excluding carboxylic acids is 1. The van der Waals surface area contributed by atoms with E-state index in [2.05, 4.69) is 27.0 Å². The molecule has 0 fully saturated rings. The van der Waals surface area contributed by atoms with E-state index in [0.29, 0.717) is 32.4 Å². The molecule has 4 aromatic rings. The molecule has 0 radical (unpaired) electrons. The third kappa shape index (κ3) is 5.78. The van der Waals surface area contributed by atoms with Gasteiger partial charge in [0.15, 0.2) is 5.65 Å². The maximum absolute atomic E-state index is 13.3. The highest BCUT2D eigenvalue weighted by molar-refractivity contribution is 5.75. The van der Waals surface area contributed by atoms with Crippen molar-refractivity contribution in [3.8, 4) is 0 Å². The Hall–Kier alpha value is -3.54. The first-order valence-corrected chi connectivity index (χ1v) is 11.0. The van der Waals surface area contributed by atoms with Gasteiger partial charge in [-0.3, -0.25) is 4.79 Å². The third-order valence-corrected chi connectivity index (χ3v) is 5.45. The Morgan fingerprint density at radius 2 is 1.72 bits per heavy atom.